The van der Waals surface area contributed by atoms with Crippen LogP contribution in [0.4, 0.5) is 5.69 Å². The molecule has 0 aliphatic carbocycles. The average Bonchev–Trinajstić information content (AvgIpc) is 2.46. The van der Waals surface area contributed by atoms with Gasteiger partial charge in [-0.25, -0.2) is 13.1 Å². The van der Waals surface area contributed by atoms with Crippen molar-refractivity contribution >= 4 is 15.7 Å². The highest BCUT2D eigenvalue weighted by Crippen LogP contribution is 2.18. The van der Waals surface area contributed by atoms with Gasteiger partial charge in [0.15, 0.2) is 0 Å². The molecule has 0 amide bonds. The third kappa shape index (κ3) is 4.22. The van der Waals surface area contributed by atoms with Gasteiger partial charge in [0.25, 0.3) is 0 Å². The normalized spacial score (nSPS) is 11.4. The monoisotopic (exact) mass is 320 g/mol. The maximum absolute atomic E-state index is 12.1. The van der Waals surface area contributed by atoms with Crippen molar-refractivity contribution in [1.82, 2.24) is 4.72 Å². The van der Waals surface area contributed by atoms with Gasteiger partial charge in [0, 0.05) is 12.2 Å². The predicted octanol–water partition coefficient (Wildman–Crippen LogP) is 2.24. The van der Waals surface area contributed by atoms with Crippen molar-refractivity contribution in [3.8, 4) is 5.75 Å². The first kappa shape index (κ1) is 16.3. The number of benzene rings is 2. The molecule has 2 aromatic rings. The fraction of sp³-hybridized carbons (Fsp3) is 0.250. The number of rotatable bonds is 6. The van der Waals surface area contributed by atoms with E-state index in [1.165, 1.54) is 12.1 Å². The Bertz CT molecular complexity index is 740. The van der Waals surface area contributed by atoms with E-state index in [9.17, 15) is 8.42 Å². The summed E-state index contributed by atoms with van der Waals surface area (Å²) in [6, 6.07) is 11.9. The van der Waals surface area contributed by atoms with E-state index in [2.05, 4.69) is 4.72 Å². The molecule has 0 aromatic heterocycles. The first-order chi connectivity index (χ1) is 10.4. The van der Waals surface area contributed by atoms with Crippen LogP contribution in [0.5, 0.6) is 5.75 Å². The summed E-state index contributed by atoms with van der Waals surface area (Å²) in [7, 11) is -3.53. The maximum Gasteiger partial charge on any atom is 0.240 e. The molecule has 0 radical (unpaired) electrons. The third-order valence-corrected chi connectivity index (χ3v) is 4.65. The predicted molar refractivity (Wildman–Crippen MR) is 87.5 cm³/mol. The summed E-state index contributed by atoms with van der Waals surface area (Å²) in [5, 5.41) is 0. The topological polar surface area (TPSA) is 81.4 Å². The molecule has 0 aliphatic heterocycles. The van der Waals surface area contributed by atoms with Gasteiger partial charge in [0.05, 0.1) is 4.90 Å². The van der Waals surface area contributed by atoms with Crippen molar-refractivity contribution in [2.75, 3.05) is 18.9 Å². The summed E-state index contributed by atoms with van der Waals surface area (Å²) in [5.74, 6) is 0.761. The van der Waals surface area contributed by atoms with E-state index in [-0.39, 0.29) is 18.0 Å². The Morgan fingerprint density at radius 3 is 2.41 bits per heavy atom. The summed E-state index contributed by atoms with van der Waals surface area (Å²) in [6.45, 7) is 4.43. The molecule has 0 heterocycles. The molecule has 0 saturated carbocycles. The number of nitrogens with two attached hydrogens (primary N) is 1. The largest absolute Gasteiger partial charge is 0.492 e. The Hall–Kier alpha value is -2.05. The molecule has 118 valence electrons. The van der Waals surface area contributed by atoms with Crippen molar-refractivity contribution in [3.63, 3.8) is 0 Å². The lowest BCUT2D eigenvalue weighted by Crippen LogP contribution is -2.28. The molecule has 0 spiro atoms. The standard InChI is InChI=1S/C16H20N2O3S/c1-12-3-8-16(13(2)11-12)21-10-9-18-22(19,20)15-6-4-14(17)5-7-15/h3-8,11,18H,9-10,17H2,1-2H3. The zero-order chi connectivity index (χ0) is 16.2. The Kier molecular flexibility index (Phi) is 5.05. The number of ether oxygens (including phenoxy) is 1. The van der Waals surface area contributed by atoms with Gasteiger partial charge in [-0.3, -0.25) is 0 Å². The minimum atomic E-state index is -3.53. The highest BCUT2D eigenvalue weighted by Gasteiger charge is 2.12. The van der Waals surface area contributed by atoms with Gasteiger partial charge in [-0.15, -0.1) is 0 Å². The first-order valence-corrected chi connectivity index (χ1v) is 8.42. The average molecular weight is 320 g/mol. The lowest BCUT2D eigenvalue weighted by Gasteiger charge is -2.11. The number of sulfonamides is 1. The van der Waals surface area contributed by atoms with Crippen LogP contribution in [0.15, 0.2) is 47.4 Å². The summed E-state index contributed by atoms with van der Waals surface area (Å²) in [4.78, 5) is 0.188. The second kappa shape index (κ2) is 6.81. The molecular formula is C16H20N2O3S. The fourth-order valence-electron chi connectivity index (χ4n) is 2.03. The highest BCUT2D eigenvalue weighted by molar-refractivity contribution is 7.89. The summed E-state index contributed by atoms with van der Waals surface area (Å²) in [5.41, 5.74) is 8.26. The Morgan fingerprint density at radius 2 is 1.77 bits per heavy atom. The number of nitrogens with one attached hydrogen (secondary N) is 1. The molecule has 0 aliphatic rings. The van der Waals surface area contributed by atoms with Gasteiger partial charge in [0.1, 0.15) is 12.4 Å². The molecule has 0 bridgehead atoms. The lowest BCUT2D eigenvalue weighted by atomic mass is 10.1. The summed E-state index contributed by atoms with van der Waals surface area (Å²) >= 11 is 0. The van der Waals surface area contributed by atoms with Crippen molar-refractivity contribution < 1.29 is 13.2 Å². The first-order valence-electron chi connectivity index (χ1n) is 6.94. The van der Waals surface area contributed by atoms with E-state index in [0.717, 1.165) is 16.9 Å². The molecule has 22 heavy (non-hydrogen) atoms. The Balaban J connectivity index is 1.89. The zero-order valence-corrected chi connectivity index (χ0v) is 13.5. The van der Waals surface area contributed by atoms with E-state index in [0.29, 0.717) is 5.69 Å². The molecule has 0 atom stereocenters. The van der Waals surface area contributed by atoms with Crippen molar-refractivity contribution in [2.45, 2.75) is 18.7 Å². The van der Waals surface area contributed by atoms with Gasteiger partial charge < -0.3 is 10.5 Å². The number of hydrogen-bond acceptors (Lipinski definition) is 4. The maximum atomic E-state index is 12.1. The second-order valence-corrected chi connectivity index (χ2v) is 6.85. The molecule has 2 rings (SSSR count). The van der Waals surface area contributed by atoms with Crippen LogP contribution in [0.1, 0.15) is 11.1 Å². The quantitative estimate of drug-likeness (QED) is 0.632. The van der Waals surface area contributed by atoms with E-state index >= 15 is 0 Å². The smallest absolute Gasteiger partial charge is 0.240 e. The molecule has 2 aromatic carbocycles. The minimum Gasteiger partial charge on any atom is -0.492 e. The summed E-state index contributed by atoms with van der Waals surface area (Å²) in [6.07, 6.45) is 0. The van der Waals surface area contributed by atoms with Crippen molar-refractivity contribution in [3.05, 3.63) is 53.6 Å². The lowest BCUT2D eigenvalue weighted by molar-refractivity contribution is 0.320. The molecule has 5 nitrogen and oxygen atoms in total. The van der Waals surface area contributed by atoms with Gasteiger partial charge in [0.2, 0.25) is 10.0 Å². The number of anilines is 1. The van der Waals surface area contributed by atoms with E-state index in [1.54, 1.807) is 12.1 Å². The minimum absolute atomic E-state index is 0.188. The van der Waals surface area contributed by atoms with Crippen LogP contribution in [0, 0.1) is 13.8 Å². The number of hydrogen-bond donors (Lipinski definition) is 2. The molecule has 0 saturated heterocycles. The summed E-state index contributed by atoms with van der Waals surface area (Å²) < 4.78 is 32.2. The number of aryl methyl sites for hydroxylation is 2. The highest BCUT2D eigenvalue weighted by atomic mass is 32.2. The van der Waals surface area contributed by atoms with Crippen LogP contribution in [0.2, 0.25) is 0 Å². The van der Waals surface area contributed by atoms with Crippen LogP contribution in [-0.2, 0) is 10.0 Å². The molecule has 0 unspecified atom stereocenters. The zero-order valence-electron chi connectivity index (χ0n) is 12.7. The van der Waals surface area contributed by atoms with Gasteiger partial charge in [-0.2, -0.15) is 0 Å². The van der Waals surface area contributed by atoms with Gasteiger partial charge >= 0.3 is 0 Å². The Labute approximate surface area is 131 Å². The van der Waals surface area contributed by atoms with Gasteiger partial charge in [-0.1, -0.05) is 17.7 Å². The molecule has 6 heteroatoms. The molecule has 3 N–H and O–H groups in total. The van der Waals surface area contributed by atoms with E-state index < -0.39 is 10.0 Å². The van der Waals surface area contributed by atoms with Crippen LogP contribution >= 0.6 is 0 Å². The van der Waals surface area contributed by atoms with Crippen LogP contribution < -0.4 is 15.2 Å². The molecule has 0 fully saturated rings. The van der Waals surface area contributed by atoms with Crippen LogP contribution in [0.25, 0.3) is 0 Å². The van der Waals surface area contributed by atoms with Crippen LogP contribution in [0.3, 0.4) is 0 Å². The van der Waals surface area contributed by atoms with E-state index in [4.69, 9.17) is 10.5 Å². The van der Waals surface area contributed by atoms with E-state index in [1.807, 2.05) is 32.0 Å². The SMILES string of the molecule is Cc1ccc(OCCNS(=O)(=O)c2ccc(N)cc2)c(C)c1. The number of nitrogen functional groups attached to an aromatic ring is 1. The van der Waals surface area contributed by atoms with Crippen molar-refractivity contribution in [2.24, 2.45) is 0 Å². The second-order valence-electron chi connectivity index (χ2n) is 5.08. The molecular weight excluding hydrogens is 300 g/mol. The third-order valence-electron chi connectivity index (χ3n) is 3.17. The Morgan fingerprint density at radius 1 is 1.09 bits per heavy atom. The fourth-order valence-corrected chi connectivity index (χ4v) is 3.04. The van der Waals surface area contributed by atoms with Crippen molar-refractivity contribution in [1.29, 1.82) is 0 Å². The van der Waals surface area contributed by atoms with Crippen LogP contribution in [-0.4, -0.2) is 21.6 Å². The van der Waals surface area contributed by atoms with Gasteiger partial charge in [-0.05, 0) is 49.7 Å².